The van der Waals surface area contributed by atoms with Crippen LogP contribution in [0.5, 0.6) is 0 Å². The number of nitrogens with one attached hydrogen (secondary N) is 1. The molecule has 0 aromatic heterocycles. The van der Waals surface area contributed by atoms with E-state index in [0.717, 1.165) is 11.8 Å². The molecule has 144 valence electrons. The summed E-state index contributed by atoms with van der Waals surface area (Å²) in [6, 6.07) is 11.7. The summed E-state index contributed by atoms with van der Waals surface area (Å²) in [5.74, 6) is 0.0266. The number of carbonyl (C=O) groups excluding carboxylic acids is 1. The van der Waals surface area contributed by atoms with Crippen LogP contribution >= 0.6 is 35.1 Å². The molecule has 1 aliphatic heterocycles. The Kier molecular flexibility index (Phi) is 6.74. The average molecular weight is 436 g/mol. The number of hydrogen-bond donors (Lipinski definition) is 2. The Morgan fingerprint density at radius 2 is 2.11 bits per heavy atom. The number of nitrogens with zero attached hydrogens (tertiary/aromatic N) is 2. The largest absolute Gasteiger partial charge is 0.396 e. The van der Waals surface area contributed by atoms with Crippen LogP contribution in [0.1, 0.15) is 5.56 Å². The minimum Gasteiger partial charge on any atom is -0.396 e. The van der Waals surface area contributed by atoms with Gasteiger partial charge in [0.25, 0.3) is 11.6 Å². The second-order valence-corrected chi connectivity index (χ2v) is 8.06. The molecule has 0 atom stereocenters. The van der Waals surface area contributed by atoms with Crippen molar-refractivity contribution in [2.75, 3.05) is 12.4 Å². The van der Waals surface area contributed by atoms with Gasteiger partial charge in [0.05, 0.1) is 32.0 Å². The lowest BCUT2D eigenvalue weighted by atomic mass is 10.2. The number of nitro benzene ring substituents is 1. The van der Waals surface area contributed by atoms with Crippen molar-refractivity contribution >= 4 is 63.7 Å². The van der Waals surface area contributed by atoms with Gasteiger partial charge < -0.3 is 10.4 Å². The molecule has 2 aromatic rings. The first-order chi connectivity index (χ1) is 13.5. The number of aliphatic hydroxyl groups is 1. The Hall–Kier alpha value is -2.33. The van der Waals surface area contributed by atoms with E-state index in [9.17, 15) is 14.9 Å². The lowest BCUT2D eigenvalue weighted by Gasteiger charge is -2.03. The van der Waals surface area contributed by atoms with Crippen molar-refractivity contribution in [3.05, 3.63) is 68.1 Å². The second-order valence-electron chi connectivity index (χ2n) is 5.49. The van der Waals surface area contributed by atoms with Gasteiger partial charge in [-0.15, -0.1) is 11.8 Å². The van der Waals surface area contributed by atoms with Crippen molar-refractivity contribution in [2.24, 2.45) is 4.99 Å². The molecule has 10 heteroatoms. The Balaban J connectivity index is 1.85. The van der Waals surface area contributed by atoms with Crippen LogP contribution < -0.4 is 5.32 Å². The highest BCUT2D eigenvalue weighted by Gasteiger charge is 2.24. The molecule has 3 rings (SSSR count). The Labute approximate surface area is 174 Å². The van der Waals surface area contributed by atoms with E-state index in [0.29, 0.717) is 37.0 Å². The summed E-state index contributed by atoms with van der Waals surface area (Å²) in [6.07, 6.45) is 1.57. The molecule has 0 aliphatic carbocycles. The molecule has 1 amide bonds. The van der Waals surface area contributed by atoms with Crippen molar-refractivity contribution in [2.45, 2.75) is 4.90 Å². The number of aliphatic imine (C=N–C) groups is 1. The Bertz CT molecular complexity index is 995. The zero-order valence-corrected chi connectivity index (χ0v) is 16.7. The molecule has 0 bridgehead atoms. The monoisotopic (exact) mass is 435 g/mol. The average Bonchev–Trinajstić information content (AvgIpc) is 3.01. The third kappa shape index (κ3) is 4.93. The van der Waals surface area contributed by atoms with Gasteiger partial charge in [0.15, 0.2) is 5.17 Å². The minimum atomic E-state index is -0.478. The molecule has 0 spiro atoms. The number of carbonyl (C=O) groups is 1. The van der Waals surface area contributed by atoms with Crippen molar-refractivity contribution in [3.63, 3.8) is 0 Å². The molecule has 1 saturated heterocycles. The van der Waals surface area contributed by atoms with Crippen molar-refractivity contribution < 1.29 is 14.8 Å². The maximum atomic E-state index is 12.2. The first-order valence-corrected chi connectivity index (χ1v) is 10.2. The maximum Gasteiger partial charge on any atom is 0.283 e. The van der Waals surface area contributed by atoms with E-state index >= 15 is 0 Å². The fourth-order valence-corrected chi connectivity index (χ4v) is 4.10. The van der Waals surface area contributed by atoms with Crippen molar-refractivity contribution in [1.82, 2.24) is 5.32 Å². The predicted octanol–water partition coefficient (Wildman–Crippen LogP) is 4.22. The fraction of sp³-hybridized carbons (Fsp3) is 0.111. The van der Waals surface area contributed by atoms with E-state index in [1.807, 2.05) is 0 Å². The molecule has 28 heavy (non-hydrogen) atoms. The van der Waals surface area contributed by atoms with E-state index in [2.05, 4.69) is 10.3 Å². The molecule has 1 fully saturated rings. The van der Waals surface area contributed by atoms with Crippen LogP contribution in [-0.4, -0.2) is 33.5 Å². The number of hydrogen-bond acceptors (Lipinski definition) is 7. The number of thioether (sulfide) groups is 2. The summed E-state index contributed by atoms with van der Waals surface area (Å²) < 4.78 is 0. The number of nitro groups is 1. The normalized spacial score (nSPS) is 16.6. The van der Waals surface area contributed by atoms with E-state index < -0.39 is 4.92 Å². The van der Waals surface area contributed by atoms with Gasteiger partial charge in [0, 0.05) is 11.8 Å². The van der Waals surface area contributed by atoms with Gasteiger partial charge >= 0.3 is 0 Å². The Morgan fingerprint density at radius 3 is 2.82 bits per heavy atom. The summed E-state index contributed by atoms with van der Waals surface area (Å²) in [6.45, 7) is -0.0715. The molecular formula is C18H14ClN3O4S2. The first kappa shape index (κ1) is 20.4. The van der Waals surface area contributed by atoms with Gasteiger partial charge in [-0.25, -0.2) is 4.99 Å². The van der Waals surface area contributed by atoms with E-state index in [-0.39, 0.29) is 18.2 Å². The quantitative estimate of drug-likeness (QED) is 0.304. The molecule has 2 N–H and O–H groups in total. The topological polar surface area (TPSA) is 105 Å². The number of amidine groups is 1. The highest BCUT2D eigenvalue weighted by atomic mass is 35.5. The lowest BCUT2D eigenvalue weighted by molar-refractivity contribution is -0.387. The highest BCUT2D eigenvalue weighted by molar-refractivity contribution is 8.18. The van der Waals surface area contributed by atoms with Crippen LogP contribution in [0.3, 0.4) is 0 Å². The molecule has 0 unspecified atom stereocenters. The van der Waals surface area contributed by atoms with Gasteiger partial charge in [-0.3, -0.25) is 14.9 Å². The first-order valence-electron chi connectivity index (χ1n) is 8.04. The van der Waals surface area contributed by atoms with E-state index in [1.54, 1.807) is 42.5 Å². The molecule has 7 nitrogen and oxygen atoms in total. The molecule has 2 aromatic carbocycles. The van der Waals surface area contributed by atoms with Crippen LogP contribution in [0.4, 0.5) is 11.4 Å². The number of halogens is 1. The summed E-state index contributed by atoms with van der Waals surface area (Å²) in [4.78, 5) is 28.2. The number of benzene rings is 2. The minimum absolute atomic E-state index is 0.0684. The fourth-order valence-electron chi connectivity index (χ4n) is 2.33. The second kappa shape index (κ2) is 9.24. The standard InChI is InChI=1S/C18H14ClN3O4S2/c19-12-3-1-2-4-13(12)20-18-21-17(24)16(28-18)10-11-5-6-15(27-8-7-23)14(9-11)22(25)26/h1-6,9-10,23H,7-8H2,(H,20,21,24). The summed E-state index contributed by atoms with van der Waals surface area (Å²) in [7, 11) is 0. The third-order valence-corrected chi connectivity index (χ3v) is 5.82. The van der Waals surface area contributed by atoms with Gasteiger partial charge in [-0.2, -0.15) is 0 Å². The number of rotatable bonds is 6. The van der Waals surface area contributed by atoms with Crippen LogP contribution in [0.25, 0.3) is 6.08 Å². The number of amides is 1. The van der Waals surface area contributed by atoms with Crippen LogP contribution in [0.15, 0.2) is 57.3 Å². The third-order valence-electron chi connectivity index (χ3n) is 3.55. The van der Waals surface area contributed by atoms with Crippen LogP contribution in [-0.2, 0) is 4.79 Å². The summed E-state index contributed by atoms with van der Waals surface area (Å²) in [5, 5.41) is 23.7. The van der Waals surface area contributed by atoms with Crippen LogP contribution in [0, 0.1) is 10.1 Å². The van der Waals surface area contributed by atoms with Gasteiger partial charge in [-0.1, -0.05) is 29.8 Å². The van der Waals surface area contributed by atoms with Gasteiger partial charge in [0.1, 0.15) is 0 Å². The zero-order valence-electron chi connectivity index (χ0n) is 14.3. The summed E-state index contributed by atoms with van der Waals surface area (Å²) in [5.41, 5.74) is 0.993. The number of para-hydroxylation sites is 1. The van der Waals surface area contributed by atoms with Crippen molar-refractivity contribution in [1.29, 1.82) is 0 Å². The number of aliphatic hydroxyl groups excluding tert-OH is 1. The van der Waals surface area contributed by atoms with Gasteiger partial charge in [0.2, 0.25) is 0 Å². The SMILES string of the molecule is O=C1NC(=Nc2ccccc2Cl)SC1=Cc1ccc(SCCO)c([N+](=O)[O-])c1. The molecule has 1 aliphatic rings. The highest BCUT2D eigenvalue weighted by Crippen LogP contribution is 2.33. The molecule has 1 heterocycles. The van der Waals surface area contributed by atoms with E-state index in [1.165, 1.54) is 17.8 Å². The van der Waals surface area contributed by atoms with Crippen molar-refractivity contribution in [3.8, 4) is 0 Å². The van der Waals surface area contributed by atoms with E-state index in [4.69, 9.17) is 16.7 Å². The van der Waals surface area contributed by atoms with Crippen LogP contribution in [0.2, 0.25) is 5.02 Å². The summed E-state index contributed by atoms with van der Waals surface area (Å²) >= 11 is 8.41. The lowest BCUT2D eigenvalue weighted by Crippen LogP contribution is -2.19. The Morgan fingerprint density at radius 1 is 1.32 bits per heavy atom. The smallest absolute Gasteiger partial charge is 0.283 e. The maximum absolute atomic E-state index is 12.2. The molecule has 0 radical (unpaired) electrons. The molecule has 0 saturated carbocycles. The van der Waals surface area contributed by atoms with Gasteiger partial charge in [-0.05, 0) is 41.6 Å². The molecular weight excluding hydrogens is 422 g/mol. The predicted molar refractivity (Wildman–Crippen MR) is 113 cm³/mol. The zero-order chi connectivity index (χ0) is 20.1.